The van der Waals surface area contributed by atoms with E-state index in [-0.39, 0.29) is 29.4 Å². The van der Waals surface area contributed by atoms with Gasteiger partial charge in [-0.05, 0) is 25.0 Å². The largest absolute Gasteiger partial charge is 0.440 e. The predicted molar refractivity (Wildman–Crippen MR) is 67.3 cm³/mol. The molecule has 0 atom stereocenters. The van der Waals surface area contributed by atoms with Crippen LogP contribution in [0.4, 0.5) is 0 Å². The molecule has 1 fully saturated rings. The normalized spacial score (nSPS) is 18.6. The fraction of sp³-hybridized carbons (Fsp3) is 0.583. The first-order valence-corrected chi connectivity index (χ1v) is 7.65. The van der Waals surface area contributed by atoms with Crippen LogP contribution in [0.2, 0.25) is 0 Å². The highest BCUT2D eigenvalue weighted by Gasteiger charge is 2.34. The molecular weight excluding hydrogens is 270 g/mol. The molecule has 0 aliphatic heterocycles. The van der Waals surface area contributed by atoms with Gasteiger partial charge in [0.25, 0.3) is 10.0 Å². The fourth-order valence-corrected chi connectivity index (χ4v) is 3.47. The van der Waals surface area contributed by atoms with Crippen LogP contribution in [-0.2, 0) is 10.0 Å². The lowest BCUT2D eigenvalue weighted by molar-refractivity contribution is 0.109. The maximum Gasteiger partial charge on any atom is 0.273 e. The lowest BCUT2D eigenvalue weighted by Crippen LogP contribution is -2.38. The van der Waals surface area contributed by atoms with Crippen LogP contribution in [0, 0.1) is 5.41 Å². The minimum Gasteiger partial charge on any atom is -0.440 e. The number of aliphatic hydroxyl groups excluding tert-OH is 1. The summed E-state index contributed by atoms with van der Waals surface area (Å²) >= 11 is 0. The molecule has 1 aliphatic rings. The van der Waals surface area contributed by atoms with Crippen LogP contribution in [-0.4, -0.2) is 33.0 Å². The van der Waals surface area contributed by atoms with Crippen LogP contribution >= 0.6 is 0 Å². The molecule has 7 heteroatoms. The van der Waals surface area contributed by atoms with Crippen molar-refractivity contribution in [2.24, 2.45) is 5.41 Å². The SMILES string of the molecule is O=Cc1ccc(S(=O)(=O)NCC2(CO)CCCC2)o1. The van der Waals surface area contributed by atoms with E-state index in [1.807, 2.05) is 0 Å². The summed E-state index contributed by atoms with van der Waals surface area (Å²) in [5.74, 6) is -0.0295. The Hall–Kier alpha value is -1.18. The van der Waals surface area contributed by atoms with Crippen molar-refractivity contribution in [3.63, 3.8) is 0 Å². The fourth-order valence-electron chi connectivity index (χ4n) is 2.38. The minimum absolute atomic E-state index is 0.0295. The molecule has 1 saturated carbocycles. The monoisotopic (exact) mass is 287 g/mol. The van der Waals surface area contributed by atoms with Gasteiger partial charge in [-0.3, -0.25) is 4.79 Å². The van der Waals surface area contributed by atoms with Crippen molar-refractivity contribution in [1.82, 2.24) is 4.72 Å². The quantitative estimate of drug-likeness (QED) is 0.758. The Morgan fingerprint density at radius 1 is 1.37 bits per heavy atom. The Kier molecular flexibility index (Phi) is 4.07. The minimum atomic E-state index is -3.77. The van der Waals surface area contributed by atoms with Crippen molar-refractivity contribution in [3.05, 3.63) is 17.9 Å². The lowest BCUT2D eigenvalue weighted by Gasteiger charge is -2.26. The summed E-state index contributed by atoms with van der Waals surface area (Å²) in [6.07, 6.45) is 4.06. The number of aldehydes is 1. The van der Waals surface area contributed by atoms with Gasteiger partial charge < -0.3 is 9.52 Å². The number of carbonyl (C=O) groups excluding carboxylic acids is 1. The predicted octanol–water partition coefficient (Wildman–Crippen LogP) is 0.923. The Labute approximate surface area is 111 Å². The molecule has 19 heavy (non-hydrogen) atoms. The van der Waals surface area contributed by atoms with E-state index in [4.69, 9.17) is 4.42 Å². The standard InChI is InChI=1S/C12H17NO5S/c14-7-10-3-4-11(18-10)19(16,17)13-8-12(9-15)5-1-2-6-12/h3-4,7,13,15H,1-2,5-6,8-9H2. The number of rotatable bonds is 6. The molecule has 0 saturated heterocycles. The van der Waals surface area contributed by atoms with Gasteiger partial charge in [0.05, 0.1) is 0 Å². The summed E-state index contributed by atoms with van der Waals surface area (Å²) in [5, 5.41) is 9.14. The number of sulfonamides is 1. The summed E-state index contributed by atoms with van der Waals surface area (Å²) in [6, 6.07) is 2.55. The van der Waals surface area contributed by atoms with Crippen LogP contribution in [0.25, 0.3) is 0 Å². The van der Waals surface area contributed by atoms with E-state index >= 15 is 0 Å². The zero-order chi connectivity index (χ0) is 13.9. The van der Waals surface area contributed by atoms with Crippen LogP contribution in [0.1, 0.15) is 36.2 Å². The van der Waals surface area contributed by atoms with E-state index < -0.39 is 10.0 Å². The van der Waals surface area contributed by atoms with Gasteiger partial charge in [-0.25, -0.2) is 13.1 Å². The van der Waals surface area contributed by atoms with Crippen molar-refractivity contribution < 1.29 is 22.7 Å². The number of aliphatic hydroxyl groups is 1. The van der Waals surface area contributed by atoms with Gasteiger partial charge >= 0.3 is 0 Å². The smallest absolute Gasteiger partial charge is 0.273 e. The van der Waals surface area contributed by atoms with Crippen LogP contribution in [0.5, 0.6) is 0 Å². The van der Waals surface area contributed by atoms with Crippen LogP contribution in [0.15, 0.2) is 21.6 Å². The van der Waals surface area contributed by atoms with Gasteiger partial charge in [-0.2, -0.15) is 0 Å². The van der Waals surface area contributed by atoms with Crippen LogP contribution < -0.4 is 4.72 Å². The molecule has 0 aromatic carbocycles. The third kappa shape index (κ3) is 3.05. The average Bonchev–Trinajstić information content (AvgIpc) is 3.06. The first-order valence-electron chi connectivity index (χ1n) is 6.17. The molecule has 0 unspecified atom stereocenters. The number of hydrogen-bond donors (Lipinski definition) is 2. The van der Waals surface area contributed by atoms with E-state index in [0.29, 0.717) is 6.29 Å². The molecule has 0 radical (unpaired) electrons. The molecule has 1 aromatic heterocycles. The molecule has 1 heterocycles. The maximum atomic E-state index is 12.0. The second-order valence-corrected chi connectivity index (χ2v) is 6.66. The molecule has 0 amide bonds. The van der Waals surface area contributed by atoms with E-state index in [0.717, 1.165) is 25.7 Å². The second-order valence-electron chi connectivity index (χ2n) is 4.96. The number of nitrogens with one attached hydrogen (secondary N) is 1. The van der Waals surface area contributed by atoms with Gasteiger partial charge in [0.2, 0.25) is 5.09 Å². The maximum absolute atomic E-state index is 12.0. The Morgan fingerprint density at radius 2 is 2.05 bits per heavy atom. The van der Waals surface area contributed by atoms with E-state index in [2.05, 4.69) is 4.72 Å². The summed E-state index contributed by atoms with van der Waals surface area (Å²) in [4.78, 5) is 10.5. The van der Waals surface area contributed by atoms with Crippen LogP contribution in [0.3, 0.4) is 0 Å². The molecule has 6 nitrogen and oxygen atoms in total. The van der Waals surface area contributed by atoms with Gasteiger partial charge in [-0.15, -0.1) is 0 Å². The van der Waals surface area contributed by atoms with Gasteiger partial charge in [-0.1, -0.05) is 12.8 Å². The molecule has 106 valence electrons. The lowest BCUT2D eigenvalue weighted by atomic mass is 9.88. The summed E-state index contributed by atoms with van der Waals surface area (Å²) in [7, 11) is -3.77. The van der Waals surface area contributed by atoms with Gasteiger partial charge in [0.1, 0.15) is 0 Å². The Balaban J connectivity index is 2.07. The molecule has 1 aliphatic carbocycles. The van der Waals surface area contributed by atoms with Gasteiger partial charge in [0.15, 0.2) is 12.0 Å². The first-order chi connectivity index (χ1) is 9.01. The molecule has 1 aromatic rings. The van der Waals surface area contributed by atoms with E-state index in [9.17, 15) is 18.3 Å². The number of furan rings is 1. The van der Waals surface area contributed by atoms with Gasteiger partial charge in [0, 0.05) is 18.6 Å². The van der Waals surface area contributed by atoms with Crippen molar-refractivity contribution in [2.75, 3.05) is 13.2 Å². The summed E-state index contributed by atoms with van der Waals surface area (Å²) < 4.78 is 31.3. The second kappa shape index (κ2) is 5.44. The highest BCUT2D eigenvalue weighted by molar-refractivity contribution is 7.89. The highest BCUT2D eigenvalue weighted by Crippen LogP contribution is 2.37. The third-order valence-corrected chi connectivity index (χ3v) is 4.89. The van der Waals surface area contributed by atoms with E-state index in [1.54, 1.807) is 0 Å². The van der Waals surface area contributed by atoms with Crippen molar-refractivity contribution in [3.8, 4) is 0 Å². The topological polar surface area (TPSA) is 96.6 Å². The number of carbonyl (C=O) groups is 1. The van der Waals surface area contributed by atoms with Crippen molar-refractivity contribution in [1.29, 1.82) is 0 Å². The zero-order valence-corrected chi connectivity index (χ0v) is 11.3. The molecule has 0 spiro atoms. The number of hydrogen-bond acceptors (Lipinski definition) is 5. The van der Waals surface area contributed by atoms with Crippen molar-refractivity contribution in [2.45, 2.75) is 30.8 Å². The molecule has 2 rings (SSSR count). The molecule has 0 bridgehead atoms. The summed E-state index contributed by atoms with van der Waals surface area (Å²) in [5.41, 5.74) is -0.368. The van der Waals surface area contributed by atoms with Crippen molar-refractivity contribution >= 4 is 16.3 Å². The Bertz CT molecular complexity index is 542. The molecular formula is C12H17NO5S. The molecule has 2 N–H and O–H groups in total. The zero-order valence-electron chi connectivity index (χ0n) is 10.5. The van der Waals surface area contributed by atoms with E-state index in [1.165, 1.54) is 12.1 Å². The highest BCUT2D eigenvalue weighted by atomic mass is 32.2. The first kappa shape index (κ1) is 14.2. The Morgan fingerprint density at radius 3 is 2.58 bits per heavy atom. The summed E-state index contributed by atoms with van der Waals surface area (Å²) in [6.45, 7) is 0.149. The average molecular weight is 287 g/mol. The third-order valence-electron chi connectivity index (χ3n) is 3.62.